The zero-order valence-electron chi connectivity index (χ0n) is 7.00. The lowest BCUT2D eigenvalue weighted by atomic mass is 10.4. The lowest BCUT2D eigenvalue weighted by Crippen LogP contribution is -2.50. The van der Waals surface area contributed by atoms with Gasteiger partial charge < -0.3 is 14.6 Å². The second-order valence-electron chi connectivity index (χ2n) is 2.55. The highest BCUT2D eigenvalue weighted by atomic mass is 28.3. The van der Waals surface area contributed by atoms with E-state index in [0.29, 0.717) is 6.61 Å². The minimum absolute atomic E-state index is 0.455. The number of hydrogen-bond acceptors (Lipinski definition) is 3. The first-order valence-corrected chi connectivity index (χ1v) is 5.70. The Morgan fingerprint density at radius 1 is 1.73 bits per heavy atom. The standard InChI is InChI=1S/C6H14O4Si/c1-4-10-11(3)6(2,9)5(7)8/h9,11H,4H2,1-3H3,(H,7,8). The van der Waals surface area contributed by atoms with Gasteiger partial charge in [0.05, 0.1) is 0 Å². The van der Waals surface area contributed by atoms with Gasteiger partial charge in [-0.25, -0.2) is 4.79 Å². The summed E-state index contributed by atoms with van der Waals surface area (Å²) in [5, 5.41) is 16.2. The van der Waals surface area contributed by atoms with Crippen molar-refractivity contribution in [2.24, 2.45) is 0 Å². The van der Waals surface area contributed by atoms with Gasteiger partial charge in [-0.2, -0.15) is 0 Å². The van der Waals surface area contributed by atoms with Crippen LogP contribution in [-0.2, 0) is 9.22 Å². The summed E-state index contributed by atoms with van der Waals surface area (Å²) < 4.78 is 5.08. The number of carbonyl (C=O) groups is 1. The van der Waals surface area contributed by atoms with E-state index < -0.39 is 20.2 Å². The highest BCUT2D eigenvalue weighted by Gasteiger charge is 2.38. The second-order valence-corrected chi connectivity index (χ2v) is 5.29. The Labute approximate surface area is 67.5 Å². The third-order valence-corrected chi connectivity index (χ3v) is 4.30. The van der Waals surface area contributed by atoms with Gasteiger partial charge in [-0.05, 0) is 20.4 Å². The first-order valence-electron chi connectivity index (χ1n) is 3.50. The zero-order valence-corrected chi connectivity index (χ0v) is 8.15. The van der Waals surface area contributed by atoms with E-state index in [4.69, 9.17) is 9.53 Å². The average molecular weight is 178 g/mol. The maximum Gasteiger partial charge on any atom is 0.334 e. The Kier molecular flexibility index (Phi) is 3.71. The molecule has 11 heavy (non-hydrogen) atoms. The highest BCUT2D eigenvalue weighted by molar-refractivity contribution is 6.58. The fraction of sp³-hybridized carbons (Fsp3) is 0.833. The van der Waals surface area contributed by atoms with E-state index in [1.54, 1.807) is 13.5 Å². The van der Waals surface area contributed by atoms with Crippen molar-refractivity contribution < 1.29 is 19.4 Å². The molecule has 0 spiro atoms. The molecular formula is C6H14O4Si. The lowest BCUT2D eigenvalue weighted by molar-refractivity contribution is -0.150. The smallest absolute Gasteiger partial charge is 0.334 e. The van der Waals surface area contributed by atoms with Gasteiger partial charge in [0.2, 0.25) is 9.04 Å². The average Bonchev–Trinajstić information content (AvgIpc) is 1.88. The van der Waals surface area contributed by atoms with Crippen LogP contribution in [0.15, 0.2) is 0 Å². The van der Waals surface area contributed by atoms with E-state index in [1.807, 2.05) is 0 Å². The summed E-state index contributed by atoms with van der Waals surface area (Å²) >= 11 is 0. The van der Waals surface area contributed by atoms with Crippen molar-refractivity contribution in [1.29, 1.82) is 0 Å². The Hall–Kier alpha value is -0.393. The third kappa shape index (κ3) is 2.61. The zero-order chi connectivity index (χ0) is 9.07. The Morgan fingerprint density at radius 2 is 2.18 bits per heavy atom. The Morgan fingerprint density at radius 3 is 2.45 bits per heavy atom. The third-order valence-electron chi connectivity index (χ3n) is 1.64. The van der Waals surface area contributed by atoms with Gasteiger partial charge in [0.1, 0.15) is 0 Å². The maximum atomic E-state index is 10.4. The molecule has 0 saturated heterocycles. The van der Waals surface area contributed by atoms with Crippen LogP contribution in [0.5, 0.6) is 0 Å². The van der Waals surface area contributed by atoms with Gasteiger partial charge in [0, 0.05) is 6.61 Å². The van der Waals surface area contributed by atoms with Crippen LogP contribution in [0, 0.1) is 0 Å². The molecule has 0 aromatic carbocycles. The van der Waals surface area contributed by atoms with Gasteiger partial charge in [0.15, 0.2) is 5.22 Å². The molecule has 0 amide bonds. The summed E-state index contributed by atoms with van der Waals surface area (Å²) in [6.07, 6.45) is 0. The summed E-state index contributed by atoms with van der Waals surface area (Å²) in [7, 11) is -2.01. The molecule has 2 unspecified atom stereocenters. The van der Waals surface area contributed by atoms with Crippen molar-refractivity contribution in [2.45, 2.75) is 25.6 Å². The molecule has 0 aliphatic carbocycles. The van der Waals surface area contributed by atoms with Crippen LogP contribution in [0.1, 0.15) is 13.8 Å². The van der Waals surface area contributed by atoms with Crippen molar-refractivity contribution >= 4 is 15.0 Å². The van der Waals surface area contributed by atoms with Gasteiger partial charge >= 0.3 is 5.97 Å². The number of carboxylic acid groups (broad SMARTS) is 1. The summed E-state index contributed by atoms with van der Waals surface area (Å²) in [5.41, 5.74) is 0. The van der Waals surface area contributed by atoms with Crippen molar-refractivity contribution in [3.05, 3.63) is 0 Å². The minimum Gasteiger partial charge on any atom is -0.479 e. The van der Waals surface area contributed by atoms with E-state index in [1.165, 1.54) is 6.92 Å². The highest BCUT2D eigenvalue weighted by Crippen LogP contribution is 2.09. The number of aliphatic carboxylic acids is 1. The second kappa shape index (κ2) is 3.84. The first-order chi connectivity index (χ1) is 4.92. The van der Waals surface area contributed by atoms with Crippen LogP contribution < -0.4 is 0 Å². The van der Waals surface area contributed by atoms with Crippen LogP contribution in [0.2, 0.25) is 6.55 Å². The summed E-state index contributed by atoms with van der Waals surface area (Å²) in [5.74, 6) is -1.20. The lowest BCUT2D eigenvalue weighted by Gasteiger charge is -2.23. The summed E-state index contributed by atoms with van der Waals surface area (Å²) in [6.45, 7) is 5.18. The van der Waals surface area contributed by atoms with Crippen LogP contribution in [0.4, 0.5) is 0 Å². The molecule has 5 heteroatoms. The molecule has 0 fully saturated rings. The first kappa shape index (κ1) is 10.6. The topological polar surface area (TPSA) is 66.8 Å². The number of carboxylic acids is 1. The van der Waals surface area contributed by atoms with Gasteiger partial charge in [-0.1, -0.05) is 0 Å². The largest absolute Gasteiger partial charge is 0.479 e. The van der Waals surface area contributed by atoms with E-state index in [-0.39, 0.29) is 0 Å². The minimum atomic E-state index is -2.01. The Balaban J connectivity index is 4.17. The molecule has 0 rings (SSSR count). The molecule has 66 valence electrons. The van der Waals surface area contributed by atoms with Crippen molar-refractivity contribution in [3.8, 4) is 0 Å². The summed E-state index contributed by atoms with van der Waals surface area (Å²) in [4.78, 5) is 10.4. The fourth-order valence-corrected chi connectivity index (χ4v) is 1.76. The molecule has 0 aromatic heterocycles. The van der Waals surface area contributed by atoms with E-state index in [0.717, 1.165) is 0 Å². The molecule has 4 nitrogen and oxygen atoms in total. The molecule has 0 aliphatic rings. The van der Waals surface area contributed by atoms with Crippen LogP contribution >= 0.6 is 0 Å². The quantitative estimate of drug-likeness (QED) is 0.583. The number of hydrogen-bond donors (Lipinski definition) is 2. The van der Waals surface area contributed by atoms with Gasteiger partial charge in [0.25, 0.3) is 0 Å². The van der Waals surface area contributed by atoms with Crippen LogP contribution in [-0.4, -0.2) is 37.1 Å². The van der Waals surface area contributed by atoms with Crippen LogP contribution in [0.25, 0.3) is 0 Å². The molecule has 0 radical (unpaired) electrons. The van der Waals surface area contributed by atoms with E-state index in [9.17, 15) is 9.90 Å². The van der Waals surface area contributed by atoms with Gasteiger partial charge in [-0.3, -0.25) is 0 Å². The van der Waals surface area contributed by atoms with Crippen molar-refractivity contribution in [2.75, 3.05) is 6.61 Å². The number of aliphatic hydroxyl groups is 1. The SMILES string of the molecule is CCO[SiH](C)C(C)(O)C(=O)O. The molecule has 0 saturated carbocycles. The summed E-state index contributed by atoms with van der Waals surface area (Å²) in [6, 6.07) is 0. The normalized spacial score (nSPS) is 18.9. The Bertz CT molecular complexity index is 146. The molecule has 2 N–H and O–H groups in total. The van der Waals surface area contributed by atoms with Crippen molar-refractivity contribution in [1.82, 2.24) is 0 Å². The molecule has 0 aliphatic heterocycles. The predicted octanol–water partition coefficient (Wildman–Crippen LogP) is -0.249. The van der Waals surface area contributed by atoms with E-state index in [2.05, 4.69) is 0 Å². The maximum absolute atomic E-state index is 10.4. The molecule has 0 bridgehead atoms. The van der Waals surface area contributed by atoms with Gasteiger partial charge in [-0.15, -0.1) is 0 Å². The molecular weight excluding hydrogens is 164 g/mol. The predicted molar refractivity (Wildman–Crippen MR) is 42.9 cm³/mol. The molecule has 2 atom stereocenters. The van der Waals surface area contributed by atoms with E-state index >= 15 is 0 Å². The van der Waals surface area contributed by atoms with Crippen LogP contribution in [0.3, 0.4) is 0 Å². The fourth-order valence-electron chi connectivity index (χ4n) is 0.586. The number of rotatable bonds is 4. The van der Waals surface area contributed by atoms with Crippen molar-refractivity contribution in [3.63, 3.8) is 0 Å². The molecule has 0 heterocycles. The molecule has 0 aromatic rings. The monoisotopic (exact) mass is 178 g/mol.